The molecule has 2 aromatic rings. The minimum absolute atomic E-state index is 0.0390. The van der Waals surface area contributed by atoms with Crippen LogP contribution in [0, 0.1) is 12.8 Å². The fourth-order valence-electron chi connectivity index (χ4n) is 2.54. The van der Waals surface area contributed by atoms with Crippen molar-refractivity contribution in [1.82, 2.24) is 15.7 Å². The third-order valence-corrected chi connectivity index (χ3v) is 5.52. The predicted molar refractivity (Wildman–Crippen MR) is 134 cm³/mol. The Bertz CT molecular complexity index is 1110. The van der Waals surface area contributed by atoms with Crippen molar-refractivity contribution in [1.29, 1.82) is 0 Å². The number of carbonyl (C=O) groups is 1. The Labute approximate surface area is 200 Å². The van der Waals surface area contributed by atoms with Gasteiger partial charge in [0.25, 0.3) is 0 Å². The van der Waals surface area contributed by atoms with Crippen LogP contribution >= 0.6 is 35.8 Å². The number of nitrogens with two attached hydrogens (primary N) is 1. The third kappa shape index (κ3) is 6.22. The summed E-state index contributed by atoms with van der Waals surface area (Å²) in [4.78, 5) is 17.1. The zero-order valence-electron chi connectivity index (χ0n) is 17.6. The number of ether oxygens (including phenoxy) is 2. The van der Waals surface area contributed by atoms with E-state index in [1.807, 2.05) is 37.3 Å². The Balaban J connectivity index is 1.81. The Kier molecular flexibility index (Phi) is 7.72. The van der Waals surface area contributed by atoms with Crippen molar-refractivity contribution >= 4 is 68.8 Å². The molecule has 0 spiro atoms. The Morgan fingerprint density at radius 1 is 1.31 bits per heavy atom. The normalized spacial score (nSPS) is 12.8. The smallest absolute Gasteiger partial charge is 0.231 e. The van der Waals surface area contributed by atoms with Gasteiger partial charge in [-0.3, -0.25) is 10.2 Å². The fraction of sp³-hybridized carbons (Fsp3) is 0.250. The van der Waals surface area contributed by atoms with E-state index in [2.05, 4.69) is 26.1 Å². The van der Waals surface area contributed by atoms with Crippen LogP contribution in [0.1, 0.15) is 30.0 Å². The van der Waals surface area contributed by atoms with Gasteiger partial charge in [0.15, 0.2) is 26.9 Å². The van der Waals surface area contributed by atoms with E-state index in [1.54, 1.807) is 13.8 Å². The lowest BCUT2D eigenvalue weighted by atomic mass is 10.1. The molecule has 2 heterocycles. The highest BCUT2D eigenvalue weighted by atomic mass is 32.1. The Hall–Kier alpha value is -3.09. The number of aromatic nitrogens is 1. The summed E-state index contributed by atoms with van der Waals surface area (Å²) in [5.74, 6) is 1.03. The molecule has 9 nitrogen and oxygen atoms in total. The number of nitrogens with one attached hydrogen (secondary N) is 3. The van der Waals surface area contributed by atoms with Crippen LogP contribution in [0.15, 0.2) is 29.4 Å². The van der Waals surface area contributed by atoms with E-state index in [4.69, 9.17) is 39.6 Å². The number of hydrogen-bond donors (Lipinski definition) is 4. The average Bonchev–Trinajstić information content (AvgIpc) is 3.33. The van der Waals surface area contributed by atoms with E-state index in [-0.39, 0.29) is 28.8 Å². The van der Waals surface area contributed by atoms with Gasteiger partial charge in [0.05, 0.1) is 10.6 Å². The second-order valence-corrected chi connectivity index (χ2v) is 8.80. The monoisotopic (exact) mass is 490 g/mol. The van der Waals surface area contributed by atoms with Crippen LogP contribution < -0.4 is 31.3 Å². The second kappa shape index (κ2) is 10.5. The number of nitrogens with zero attached hydrogens (tertiary/aromatic N) is 2. The first-order valence-electron chi connectivity index (χ1n) is 9.53. The van der Waals surface area contributed by atoms with Crippen molar-refractivity contribution in [3.8, 4) is 11.5 Å². The van der Waals surface area contributed by atoms with Crippen molar-refractivity contribution in [2.75, 3.05) is 12.1 Å². The van der Waals surface area contributed by atoms with E-state index < -0.39 is 0 Å². The molecule has 3 rings (SSSR count). The molecule has 1 aliphatic rings. The summed E-state index contributed by atoms with van der Waals surface area (Å²) in [6.07, 6.45) is 3.69. The molecule has 168 valence electrons. The standard InChI is InChI=1S/C20H22N6O3S3/c1-10(2)17(27)23-19(31)24-20-22-11(3)16(32-20)13(25-26-18(21)30)6-4-12-5-7-14-15(8-12)29-9-28-14/h4-8,10H,9H2,1-3H3,(H3,21,26,30)(H2,22,23,24,27,31)/b6-4+,25-13+. The Morgan fingerprint density at radius 3 is 2.78 bits per heavy atom. The fourth-order valence-corrected chi connectivity index (χ4v) is 3.79. The highest BCUT2D eigenvalue weighted by Gasteiger charge is 2.16. The van der Waals surface area contributed by atoms with Gasteiger partial charge in [-0.15, -0.1) is 0 Å². The van der Waals surface area contributed by atoms with Gasteiger partial charge in [-0.1, -0.05) is 37.3 Å². The molecule has 0 aliphatic carbocycles. The maximum absolute atomic E-state index is 11.8. The number of carbonyl (C=O) groups excluding carboxylic acids is 1. The third-order valence-electron chi connectivity index (χ3n) is 4.13. The molecule has 0 radical (unpaired) electrons. The van der Waals surface area contributed by atoms with Gasteiger partial charge in [0, 0.05) is 5.92 Å². The van der Waals surface area contributed by atoms with Crippen LogP contribution in [0.3, 0.4) is 0 Å². The number of hydrogen-bond acceptors (Lipinski definition) is 8. The number of thiazole rings is 1. The molecule has 32 heavy (non-hydrogen) atoms. The van der Waals surface area contributed by atoms with Crippen LogP contribution in [-0.4, -0.2) is 33.6 Å². The van der Waals surface area contributed by atoms with E-state index in [1.165, 1.54) is 11.3 Å². The molecule has 0 saturated carbocycles. The lowest BCUT2D eigenvalue weighted by Crippen LogP contribution is -2.36. The first kappa shape index (κ1) is 23.6. The van der Waals surface area contributed by atoms with Crippen LogP contribution in [-0.2, 0) is 4.79 Å². The van der Waals surface area contributed by atoms with Crippen molar-refractivity contribution in [2.45, 2.75) is 20.8 Å². The number of allylic oxidation sites excluding steroid dienone is 1. The summed E-state index contributed by atoms with van der Waals surface area (Å²) in [5, 5.41) is 10.6. The van der Waals surface area contributed by atoms with Gasteiger partial charge in [-0.25, -0.2) is 4.98 Å². The molecule has 1 amide bonds. The van der Waals surface area contributed by atoms with Gasteiger partial charge in [0.2, 0.25) is 12.7 Å². The predicted octanol–water partition coefficient (Wildman–Crippen LogP) is 2.90. The van der Waals surface area contributed by atoms with Crippen LogP contribution in [0.2, 0.25) is 0 Å². The Morgan fingerprint density at radius 2 is 2.06 bits per heavy atom. The second-order valence-electron chi connectivity index (χ2n) is 6.95. The maximum atomic E-state index is 11.8. The number of aryl methyl sites for hydroxylation is 1. The molecule has 0 unspecified atom stereocenters. The highest BCUT2D eigenvalue weighted by molar-refractivity contribution is 7.80. The largest absolute Gasteiger partial charge is 0.454 e. The van der Waals surface area contributed by atoms with Crippen LogP contribution in [0.4, 0.5) is 5.13 Å². The molecule has 1 aromatic carbocycles. The lowest BCUT2D eigenvalue weighted by Gasteiger charge is -2.08. The van der Waals surface area contributed by atoms with Gasteiger partial charge in [0.1, 0.15) is 5.71 Å². The van der Waals surface area contributed by atoms with Crippen LogP contribution in [0.5, 0.6) is 11.5 Å². The summed E-state index contributed by atoms with van der Waals surface area (Å²) >= 11 is 11.4. The summed E-state index contributed by atoms with van der Waals surface area (Å²) in [6, 6.07) is 5.63. The number of thiocarbonyl (C=S) groups is 2. The van der Waals surface area contributed by atoms with Gasteiger partial charge in [-0.05, 0) is 55.1 Å². The molecule has 1 aliphatic heterocycles. The summed E-state index contributed by atoms with van der Waals surface area (Å²) in [6.45, 7) is 5.63. The summed E-state index contributed by atoms with van der Waals surface area (Å²) in [7, 11) is 0. The first-order valence-corrected chi connectivity index (χ1v) is 11.2. The lowest BCUT2D eigenvalue weighted by molar-refractivity contribution is -0.122. The number of amides is 1. The summed E-state index contributed by atoms with van der Waals surface area (Å²) < 4.78 is 10.8. The minimum atomic E-state index is -0.186. The SMILES string of the molecule is Cc1nc(NC(=S)NC(=O)C(C)C)sc1C(/C=C/c1ccc2c(c1)OCO2)=N/NC(N)=S. The number of benzene rings is 1. The van der Waals surface area contributed by atoms with Gasteiger partial charge in [-0.2, -0.15) is 5.10 Å². The molecule has 12 heteroatoms. The minimum Gasteiger partial charge on any atom is -0.454 e. The molecular weight excluding hydrogens is 468 g/mol. The average molecular weight is 491 g/mol. The molecule has 1 aromatic heterocycles. The zero-order valence-corrected chi connectivity index (χ0v) is 20.0. The van der Waals surface area contributed by atoms with Crippen molar-refractivity contribution < 1.29 is 14.3 Å². The molecule has 5 N–H and O–H groups in total. The molecule has 0 saturated heterocycles. The van der Waals surface area contributed by atoms with E-state index in [0.717, 1.165) is 10.4 Å². The molecular formula is C20H22N6O3S3. The topological polar surface area (TPSA) is 123 Å². The van der Waals surface area contributed by atoms with E-state index in [9.17, 15) is 4.79 Å². The number of fused-ring (bicyclic) bond motifs is 1. The van der Waals surface area contributed by atoms with Crippen molar-refractivity contribution in [2.24, 2.45) is 16.8 Å². The molecule has 0 atom stereocenters. The van der Waals surface area contributed by atoms with E-state index >= 15 is 0 Å². The van der Waals surface area contributed by atoms with Gasteiger partial charge < -0.3 is 25.8 Å². The van der Waals surface area contributed by atoms with Crippen molar-refractivity contribution in [3.05, 3.63) is 40.4 Å². The zero-order chi connectivity index (χ0) is 23.3. The first-order chi connectivity index (χ1) is 15.2. The van der Waals surface area contributed by atoms with Crippen LogP contribution in [0.25, 0.3) is 6.08 Å². The van der Waals surface area contributed by atoms with Crippen molar-refractivity contribution in [3.63, 3.8) is 0 Å². The quantitative estimate of drug-likeness (QED) is 0.275. The summed E-state index contributed by atoms with van der Waals surface area (Å²) in [5.41, 5.74) is 10.3. The number of anilines is 1. The number of hydrazone groups is 1. The van der Waals surface area contributed by atoms with Gasteiger partial charge >= 0.3 is 0 Å². The number of rotatable bonds is 6. The molecule has 0 bridgehead atoms. The highest BCUT2D eigenvalue weighted by Crippen LogP contribution is 2.33. The van der Waals surface area contributed by atoms with E-state index in [0.29, 0.717) is 28.0 Å². The maximum Gasteiger partial charge on any atom is 0.231 e. The molecule has 0 fully saturated rings.